The third-order valence-corrected chi connectivity index (χ3v) is 4.09. The topological polar surface area (TPSA) is 3.24 Å². The smallest absolute Gasteiger partial charge is 0.365 e. The lowest BCUT2D eigenvalue weighted by Gasteiger charge is -2.28. The molecular formula is C11H9F3IN. The predicted molar refractivity (Wildman–Crippen MR) is 65.0 cm³/mol. The molecule has 1 aromatic carbocycles. The number of halogens is 4. The molecular weight excluding hydrogens is 330 g/mol. The Labute approximate surface area is 105 Å². The fourth-order valence-corrected chi connectivity index (χ4v) is 2.44. The van der Waals surface area contributed by atoms with Crippen LogP contribution in [0.3, 0.4) is 0 Å². The molecule has 1 atom stereocenters. The van der Waals surface area contributed by atoms with Crippen molar-refractivity contribution in [1.82, 2.24) is 4.90 Å². The van der Waals surface area contributed by atoms with Gasteiger partial charge in [0.25, 0.3) is 0 Å². The summed E-state index contributed by atoms with van der Waals surface area (Å²) in [6.07, 6.45) is -1.09. The largest absolute Gasteiger partial charge is 0.416 e. The molecule has 16 heavy (non-hydrogen) atoms. The van der Waals surface area contributed by atoms with E-state index in [-0.39, 0.29) is 9.61 Å². The number of benzene rings is 1. The van der Waals surface area contributed by atoms with Gasteiger partial charge in [-0.25, -0.2) is 0 Å². The summed E-state index contributed by atoms with van der Waals surface area (Å²) in [5.41, 5.74) is 0.434. The fourth-order valence-electron chi connectivity index (χ4n) is 1.71. The minimum Gasteiger partial charge on any atom is -0.365 e. The molecule has 0 fully saturated rings. The van der Waals surface area contributed by atoms with Crippen molar-refractivity contribution in [2.75, 3.05) is 7.05 Å². The summed E-state index contributed by atoms with van der Waals surface area (Å²) in [6, 6.07) is 4.32. The molecule has 1 heterocycles. The second kappa shape index (κ2) is 3.94. The van der Waals surface area contributed by atoms with Gasteiger partial charge < -0.3 is 4.90 Å². The summed E-state index contributed by atoms with van der Waals surface area (Å²) in [7, 11) is 1.84. The Hall–Kier alpha value is -0.720. The molecule has 1 aliphatic rings. The molecule has 1 aromatic rings. The van der Waals surface area contributed by atoms with Gasteiger partial charge in [-0.15, -0.1) is 0 Å². The van der Waals surface area contributed by atoms with E-state index in [0.29, 0.717) is 5.56 Å². The van der Waals surface area contributed by atoms with E-state index in [0.717, 1.165) is 6.07 Å². The Bertz CT molecular complexity index is 439. The quantitative estimate of drug-likeness (QED) is 0.392. The number of hydrogen-bond donors (Lipinski definition) is 0. The number of hydrogen-bond acceptors (Lipinski definition) is 1. The van der Waals surface area contributed by atoms with Crippen molar-refractivity contribution in [3.63, 3.8) is 0 Å². The van der Waals surface area contributed by atoms with Crippen molar-refractivity contribution < 1.29 is 13.2 Å². The van der Waals surface area contributed by atoms with E-state index in [9.17, 15) is 13.2 Å². The van der Waals surface area contributed by atoms with Gasteiger partial charge in [0.2, 0.25) is 0 Å². The summed E-state index contributed by atoms with van der Waals surface area (Å²) >= 11 is 2.13. The summed E-state index contributed by atoms with van der Waals surface area (Å²) < 4.78 is 38.2. The molecule has 0 amide bonds. The van der Waals surface area contributed by atoms with Gasteiger partial charge in [-0.3, -0.25) is 0 Å². The molecule has 0 aromatic heterocycles. The zero-order chi connectivity index (χ0) is 11.9. The number of fused-ring (bicyclic) bond motifs is 1. The second-order valence-electron chi connectivity index (χ2n) is 3.62. The first kappa shape index (κ1) is 11.8. The standard InChI is InChI=1S/C11H9F3IN/c1-16-6-5-7-8(10(16)15)3-2-4-9(7)11(12,13)14/h2-6,10H,1H3. The van der Waals surface area contributed by atoms with Gasteiger partial charge in [-0.2, -0.15) is 13.2 Å². The molecule has 0 saturated carbocycles. The van der Waals surface area contributed by atoms with Gasteiger partial charge >= 0.3 is 6.18 Å². The van der Waals surface area contributed by atoms with Crippen molar-refractivity contribution in [1.29, 1.82) is 0 Å². The molecule has 1 nitrogen and oxygen atoms in total. The molecule has 0 N–H and O–H groups in total. The van der Waals surface area contributed by atoms with Crippen LogP contribution >= 0.6 is 22.6 Å². The first-order valence-corrected chi connectivity index (χ1v) is 5.90. The Balaban J connectivity index is 2.60. The van der Waals surface area contributed by atoms with Crippen LogP contribution in [0.25, 0.3) is 6.08 Å². The third-order valence-electron chi connectivity index (χ3n) is 2.54. The predicted octanol–water partition coefficient (Wildman–Crippen LogP) is 4.06. The van der Waals surface area contributed by atoms with Gasteiger partial charge in [0, 0.05) is 13.2 Å². The zero-order valence-electron chi connectivity index (χ0n) is 8.42. The minimum atomic E-state index is -4.29. The first-order chi connectivity index (χ1) is 7.41. The molecule has 0 radical (unpaired) electrons. The highest BCUT2D eigenvalue weighted by atomic mass is 127. The lowest BCUT2D eigenvalue weighted by Crippen LogP contribution is -2.20. The zero-order valence-corrected chi connectivity index (χ0v) is 10.6. The lowest BCUT2D eigenvalue weighted by atomic mass is 9.98. The van der Waals surface area contributed by atoms with E-state index >= 15 is 0 Å². The van der Waals surface area contributed by atoms with Crippen LogP contribution in [0.1, 0.15) is 20.7 Å². The monoisotopic (exact) mass is 339 g/mol. The van der Waals surface area contributed by atoms with Crippen LogP contribution in [0.5, 0.6) is 0 Å². The van der Waals surface area contributed by atoms with Crippen LogP contribution in [0.2, 0.25) is 0 Å². The average Bonchev–Trinajstić information content (AvgIpc) is 2.21. The Morgan fingerprint density at radius 2 is 2.00 bits per heavy atom. The second-order valence-corrected chi connectivity index (χ2v) is 4.80. The Morgan fingerprint density at radius 1 is 1.31 bits per heavy atom. The molecule has 0 bridgehead atoms. The van der Waals surface area contributed by atoms with Crippen molar-refractivity contribution in [3.05, 3.63) is 41.1 Å². The van der Waals surface area contributed by atoms with Crippen LogP contribution in [0, 0.1) is 0 Å². The highest BCUT2D eigenvalue weighted by Gasteiger charge is 2.35. The van der Waals surface area contributed by atoms with Crippen molar-refractivity contribution in [2.45, 2.75) is 10.2 Å². The van der Waals surface area contributed by atoms with Crippen molar-refractivity contribution in [3.8, 4) is 0 Å². The molecule has 0 spiro atoms. The molecule has 0 saturated heterocycles. The number of alkyl halides is 4. The van der Waals surface area contributed by atoms with E-state index in [2.05, 4.69) is 22.6 Å². The van der Waals surface area contributed by atoms with E-state index in [1.54, 1.807) is 12.3 Å². The van der Waals surface area contributed by atoms with Gasteiger partial charge in [0.05, 0.1) is 5.56 Å². The van der Waals surface area contributed by atoms with Gasteiger partial charge in [-0.1, -0.05) is 34.7 Å². The maximum atomic E-state index is 12.8. The van der Waals surface area contributed by atoms with Gasteiger partial charge in [0.15, 0.2) is 0 Å². The normalized spacial score (nSPS) is 19.8. The minimum absolute atomic E-state index is 0.0556. The highest BCUT2D eigenvalue weighted by molar-refractivity contribution is 14.1. The van der Waals surface area contributed by atoms with E-state index < -0.39 is 11.7 Å². The van der Waals surface area contributed by atoms with E-state index in [4.69, 9.17) is 0 Å². The third kappa shape index (κ3) is 1.92. The van der Waals surface area contributed by atoms with Crippen molar-refractivity contribution in [2.24, 2.45) is 0 Å². The molecule has 1 unspecified atom stereocenters. The van der Waals surface area contributed by atoms with E-state index in [1.807, 2.05) is 11.9 Å². The maximum absolute atomic E-state index is 12.8. The molecule has 0 aliphatic carbocycles. The van der Waals surface area contributed by atoms with E-state index in [1.165, 1.54) is 12.1 Å². The lowest BCUT2D eigenvalue weighted by molar-refractivity contribution is -0.137. The summed E-state index contributed by atoms with van der Waals surface area (Å²) in [4.78, 5) is 1.88. The summed E-state index contributed by atoms with van der Waals surface area (Å²) in [5, 5.41) is 0. The van der Waals surface area contributed by atoms with Crippen LogP contribution in [0.4, 0.5) is 13.2 Å². The number of rotatable bonds is 0. The average molecular weight is 339 g/mol. The molecule has 1 aliphatic heterocycles. The maximum Gasteiger partial charge on any atom is 0.416 e. The Morgan fingerprint density at radius 3 is 2.62 bits per heavy atom. The highest BCUT2D eigenvalue weighted by Crippen LogP contribution is 2.40. The SMILES string of the molecule is CN1C=Cc2c(cccc2C(F)(F)F)C1I. The summed E-state index contributed by atoms with van der Waals surface area (Å²) in [6.45, 7) is 0. The van der Waals surface area contributed by atoms with Gasteiger partial charge in [0.1, 0.15) is 4.05 Å². The van der Waals surface area contributed by atoms with Crippen molar-refractivity contribution >= 4 is 28.7 Å². The molecule has 2 rings (SSSR count). The summed E-state index contributed by atoms with van der Waals surface area (Å²) in [5.74, 6) is 0. The Kier molecular flexibility index (Phi) is 2.90. The van der Waals surface area contributed by atoms with Crippen LogP contribution in [0.15, 0.2) is 24.4 Å². The fraction of sp³-hybridized carbons (Fsp3) is 0.273. The first-order valence-electron chi connectivity index (χ1n) is 4.65. The van der Waals surface area contributed by atoms with Crippen LogP contribution in [-0.2, 0) is 6.18 Å². The molecule has 5 heteroatoms. The van der Waals surface area contributed by atoms with Crippen LogP contribution < -0.4 is 0 Å². The van der Waals surface area contributed by atoms with Crippen LogP contribution in [-0.4, -0.2) is 11.9 Å². The number of nitrogens with zero attached hydrogens (tertiary/aromatic N) is 1. The molecule has 86 valence electrons. The van der Waals surface area contributed by atoms with Gasteiger partial charge in [-0.05, 0) is 23.3 Å².